The fraction of sp³-hybridized carbons (Fsp3) is 0.286. The summed E-state index contributed by atoms with van der Waals surface area (Å²) >= 11 is 0. The van der Waals surface area contributed by atoms with Crippen LogP contribution in [-0.4, -0.2) is 5.91 Å². The molecule has 2 aromatic carbocycles. The summed E-state index contributed by atoms with van der Waals surface area (Å²) in [5.41, 5.74) is 5.80. The Balaban J connectivity index is 1.74. The van der Waals surface area contributed by atoms with Crippen LogP contribution in [-0.2, 0) is 16.8 Å². The van der Waals surface area contributed by atoms with Crippen LogP contribution in [0.1, 0.15) is 43.9 Å². The van der Waals surface area contributed by atoms with E-state index in [-0.39, 0.29) is 11.4 Å². The molecule has 2 nitrogen and oxygen atoms in total. The zero-order valence-corrected chi connectivity index (χ0v) is 14.0. The van der Waals surface area contributed by atoms with Crippen molar-refractivity contribution in [2.75, 3.05) is 0 Å². The molecule has 1 amide bonds. The first kappa shape index (κ1) is 15.5. The highest BCUT2D eigenvalue weighted by Crippen LogP contribution is 2.34. The van der Waals surface area contributed by atoms with Crippen LogP contribution in [0.5, 0.6) is 0 Å². The molecule has 2 heteroatoms. The molecule has 0 bridgehead atoms. The number of allylic oxidation sites excluding steroid dienone is 1. The van der Waals surface area contributed by atoms with Crippen LogP contribution >= 0.6 is 0 Å². The van der Waals surface area contributed by atoms with Gasteiger partial charge in [-0.05, 0) is 49.5 Å². The minimum atomic E-state index is -0.370. The summed E-state index contributed by atoms with van der Waals surface area (Å²) in [5.74, 6) is 0.0740. The van der Waals surface area contributed by atoms with Gasteiger partial charge >= 0.3 is 0 Å². The Morgan fingerprint density at radius 2 is 1.70 bits per heavy atom. The molecule has 0 unspecified atom stereocenters. The summed E-state index contributed by atoms with van der Waals surface area (Å²) in [7, 11) is 0. The molecule has 2 aromatic rings. The van der Waals surface area contributed by atoms with Crippen LogP contribution in [0.15, 0.2) is 60.2 Å². The number of hydrogen-bond donors (Lipinski definition) is 1. The third-order valence-electron chi connectivity index (χ3n) is 4.60. The van der Waals surface area contributed by atoms with E-state index in [9.17, 15) is 4.79 Å². The van der Waals surface area contributed by atoms with Crippen molar-refractivity contribution in [2.45, 2.75) is 39.2 Å². The minimum absolute atomic E-state index is 0.0740. The smallest absolute Gasteiger partial charge is 0.225 e. The van der Waals surface area contributed by atoms with Crippen molar-refractivity contribution >= 4 is 11.5 Å². The zero-order chi connectivity index (χ0) is 16.4. The maximum Gasteiger partial charge on any atom is 0.225 e. The van der Waals surface area contributed by atoms with Crippen molar-refractivity contribution in [1.29, 1.82) is 0 Å². The van der Waals surface area contributed by atoms with Crippen LogP contribution in [0.4, 0.5) is 0 Å². The molecule has 3 rings (SSSR count). The fourth-order valence-electron chi connectivity index (χ4n) is 3.32. The molecular formula is C21H23NO. The number of benzene rings is 2. The highest BCUT2D eigenvalue weighted by molar-refractivity contribution is 5.92. The normalized spacial score (nSPS) is 13.9. The summed E-state index contributed by atoms with van der Waals surface area (Å²) in [6, 6.07) is 18.5. The topological polar surface area (TPSA) is 29.1 Å². The Bertz CT molecular complexity index is 756. The van der Waals surface area contributed by atoms with Crippen LogP contribution in [0, 0.1) is 0 Å². The van der Waals surface area contributed by atoms with Crippen LogP contribution in [0.25, 0.3) is 5.57 Å². The maximum absolute atomic E-state index is 12.6. The first-order chi connectivity index (χ1) is 11.0. The number of amides is 1. The van der Waals surface area contributed by atoms with E-state index < -0.39 is 0 Å². The van der Waals surface area contributed by atoms with E-state index in [1.165, 1.54) is 22.3 Å². The van der Waals surface area contributed by atoms with Gasteiger partial charge in [-0.15, -0.1) is 0 Å². The molecule has 0 fully saturated rings. The van der Waals surface area contributed by atoms with Crippen molar-refractivity contribution in [3.63, 3.8) is 0 Å². The predicted molar refractivity (Wildman–Crippen MR) is 95.0 cm³/mol. The molecule has 0 atom stereocenters. The van der Waals surface area contributed by atoms with E-state index in [4.69, 9.17) is 0 Å². The summed E-state index contributed by atoms with van der Waals surface area (Å²) in [6.45, 7) is 6.22. The Labute approximate surface area is 138 Å². The van der Waals surface area contributed by atoms with Crippen molar-refractivity contribution in [3.8, 4) is 0 Å². The first-order valence-electron chi connectivity index (χ1n) is 8.11. The molecule has 0 aromatic heterocycles. The number of hydrogen-bond acceptors (Lipinski definition) is 1. The molecule has 1 N–H and O–H groups in total. The first-order valence-corrected chi connectivity index (χ1v) is 8.11. The minimum Gasteiger partial charge on any atom is -0.347 e. The van der Waals surface area contributed by atoms with Gasteiger partial charge in [0.25, 0.3) is 0 Å². The Morgan fingerprint density at radius 3 is 2.43 bits per heavy atom. The number of carbonyl (C=O) groups excluding carboxylic acids is 1. The summed E-state index contributed by atoms with van der Waals surface area (Å²) in [4.78, 5) is 12.6. The van der Waals surface area contributed by atoms with Crippen molar-refractivity contribution in [1.82, 2.24) is 5.32 Å². The quantitative estimate of drug-likeness (QED) is 0.888. The van der Waals surface area contributed by atoms with E-state index in [2.05, 4.69) is 42.6 Å². The van der Waals surface area contributed by atoms with Gasteiger partial charge in [0.05, 0.1) is 12.0 Å². The van der Waals surface area contributed by atoms with Gasteiger partial charge in [-0.3, -0.25) is 4.79 Å². The highest BCUT2D eigenvalue weighted by Gasteiger charge is 2.25. The van der Waals surface area contributed by atoms with Gasteiger partial charge < -0.3 is 5.32 Å². The summed E-state index contributed by atoms with van der Waals surface area (Å²) in [6.07, 6.45) is 1.40. The molecular weight excluding hydrogens is 282 g/mol. The number of fused-ring (bicyclic) bond motifs is 1. The van der Waals surface area contributed by atoms with E-state index in [0.29, 0.717) is 6.42 Å². The molecule has 1 aliphatic carbocycles. The largest absolute Gasteiger partial charge is 0.347 e. The van der Waals surface area contributed by atoms with Crippen molar-refractivity contribution < 1.29 is 4.79 Å². The number of nitrogens with one attached hydrogen (secondary N) is 1. The van der Waals surface area contributed by atoms with E-state index >= 15 is 0 Å². The Hall–Kier alpha value is -2.35. The second kappa shape index (κ2) is 6.04. The van der Waals surface area contributed by atoms with Gasteiger partial charge in [-0.2, -0.15) is 0 Å². The van der Waals surface area contributed by atoms with Crippen molar-refractivity contribution in [2.24, 2.45) is 0 Å². The Morgan fingerprint density at radius 1 is 1.04 bits per heavy atom. The molecule has 1 aliphatic rings. The second-order valence-electron chi connectivity index (χ2n) is 6.81. The molecule has 0 radical (unpaired) electrons. The average Bonchev–Trinajstić information content (AvgIpc) is 2.84. The molecule has 0 heterocycles. The van der Waals surface area contributed by atoms with Crippen molar-refractivity contribution in [3.05, 3.63) is 76.9 Å². The number of carbonyl (C=O) groups is 1. The maximum atomic E-state index is 12.6. The molecule has 0 aliphatic heterocycles. The van der Waals surface area contributed by atoms with Gasteiger partial charge in [-0.1, -0.05) is 60.2 Å². The predicted octanol–water partition coefficient (Wildman–Crippen LogP) is 4.46. The van der Waals surface area contributed by atoms with Crippen LogP contribution in [0.2, 0.25) is 0 Å². The lowest BCUT2D eigenvalue weighted by Gasteiger charge is -2.27. The molecule has 0 spiro atoms. The van der Waals surface area contributed by atoms with Gasteiger partial charge in [-0.25, -0.2) is 0 Å². The lowest BCUT2D eigenvalue weighted by molar-refractivity contribution is -0.121. The van der Waals surface area contributed by atoms with Gasteiger partial charge in [0.1, 0.15) is 0 Å². The van der Waals surface area contributed by atoms with E-state index in [0.717, 1.165) is 12.0 Å². The number of rotatable bonds is 4. The SMILES string of the molecule is CC1=C(CC(=O)NC(C)(C)c2ccccc2)c2ccccc2C1. The average molecular weight is 305 g/mol. The molecule has 0 saturated carbocycles. The van der Waals surface area contributed by atoms with Gasteiger partial charge in [0.2, 0.25) is 5.91 Å². The van der Waals surface area contributed by atoms with Crippen LogP contribution < -0.4 is 5.32 Å². The summed E-state index contributed by atoms with van der Waals surface area (Å²) in [5, 5.41) is 3.18. The fourth-order valence-corrected chi connectivity index (χ4v) is 3.32. The standard InChI is InChI=1S/C21H23NO/c1-15-13-16-9-7-8-12-18(16)19(15)14-20(23)22-21(2,3)17-10-5-4-6-11-17/h4-12H,13-14H2,1-3H3,(H,22,23). The van der Waals surface area contributed by atoms with Gasteiger partial charge in [0, 0.05) is 0 Å². The summed E-state index contributed by atoms with van der Waals surface area (Å²) < 4.78 is 0. The molecule has 23 heavy (non-hydrogen) atoms. The highest BCUT2D eigenvalue weighted by atomic mass is 16.1. The third kappa shape index (κ3) is 3.21. The zero-order valence-electron chi connectivity index (χ0n) is 14.0. The second-order valence-corrected chi connectivity index (χ2v) is 6.81. The molecule has 118 valence electrons. The third-order valence-corrected chi connectivity index (χ3v) is 4.60. The van der Waals surface area contributed by atoms with E-state index in [1.54, 1.807) is 0 Å². The van der Waals surface area contributed by atoms with E-state index in [1.807, 2.05) is 38.1 Å². The lowest BCUT2D eigenvalue weighted by atomic mass is 9.93. The van der Waals surface area contributed by atoms with Crippen LogP contribution in [0.3, 0.4) is 0 Å². The monoisotopic (exact) mass is 305 g/mol. The Kier molecular flexibility index (Phi) is 4.08. The lowest BCUT2D eigenvalue weighted by Crippen LogP contribution is -2.40. The molecule has 0 saturated heterocycles. The van der Waals surface area contributed by atoms with Gasteiger partial charge in [0.15, 0.2) is 0 Å².